The maximum absolute atomic E-state index is 12.8. The number of carbonyl (C=O) groups excluding carboxylic acids is 2. The monoisotopic (exact) mass is 378 g/mol. The molecule has 1 heterocycles. The topological polar surface area (TPSA) is 78.4 Å². The second-order valence-corrected chi connectivity index (χ2v) is 6.47. The minimum Gasteiger partial charge on any atom is -0.385 e. The molecule has 1 amide bonds. The summed E-state index contributed by atoms with van der Waals surface area (Å²) in [6.45, 7) is 0.503. The van der Waals surface area contributed by atoms with E-state index in [9.17, 15) is 22.8 Å². The summed E-state index contributed by atoms with van der Waals surface area (Å²) in [5.41, 5.74) is 2.67. The molecule has 27 heavy (non-hydrogen) atoms. The van der Waals surface area contributed by atoms with E-state index in [2.05, 4.69) is 5.32 Å². The molecule has 1 aliphatic heterocycles. The van der Waals surface area contributed by atoms with E-state index in [1.807, 2.05) is 0 Å². The Balaban J connectivity index is 1.73. The number of amides is 1. The fourth-order valence-electron chi connectivity index (χ4n) is 3.17. The zero-order chi connectivity index (χ0) is 19.6. The Morgan fingerprint density at radius 3 is 2.63 bits per heavy atom. The SMILES string of the molecule is O=C(CC1CNc2ccc(C(=O)NO)cc2C1)c1cccc(C(F)(F)F)c1. The highest BCUT2D eigenvalue weighted by Crippen LogP contribution is 2.31. The van der Waals surface area contributed by atoms with Gasteiger partial charge in [-0.2, -0.15) is 13.2 Å². The fourth-order valence-corrected chi connectivity index (χ4v) is 3.17. The molecule has 142 valence electrons. The van der Waals surface area contributed by atoms with Gasteiger partial charge in [0.05, 0.1) is 5.56 Å². The van der Waals surface area contributed by atoms with E-state index in [4.69, 9.17) is 5.21 Å². The molecular weight excluding hydrogens is 361 g/mol. The molecule has 0 spiro atoms. The van der Waals surface area contributed by atoms with E-state index in [-0.39, 0.29) is 29.2 Å². The summed E-state index contributed by atoms with van der Waals surface area (Å²) in [4.78, 5) is 24.0. The predicted molar refractivity (Wildman–Crippen MR) is 91.8 cm³/mol. The molecule has 2 aromatic carbocycles. The van der Waals surface area contributed by atoms with Gasteiger partial charge >= 0.3 is 6.18 Å². The lowest BCUT2D eigenvalue weighted by Gasteiger charge is -2.26. The van der Waals surface area contributed by atoms with Crippen molar-refractivity contribution in [2.24, 2.45) is 5.92 Å². The van der Waals surface area contributed by atoms with Gasteiger partial charge in [-0.3, -0.25) is 14.8 Å². The van der Waals surface area contributed by atoms with Gasteiger partial charge in [0, 0.05) is 29.8 Å². The fraction of sp³-hybridized carbons (Fsp3) is 0.263. The summed E-state index contributed by atoms with van der Waals surface area (Å²) >= 11 is 0. The van der Waals surface area contributed by atoms with Gasteiger partial charge in [0.1, 0.15) is 0 Å². The van der Waals surface area contributed by atoms with E-state index < -0.39 is 17.6 Å². The van der Waals surface area contributed by atoms with Crippen molar-refractivity contribution in [2.45, 2.75) is 19.0 Å². The molecule has 3 N–H and O–H groups in total. The smallest absolute Gasteiger partial charge is 0.385 e. The normalized spacial score (nSPS) is 16.2. The van der Waals surface area contributed by atoms with Crippen molar-refractivity contribution in [3.63, 3.8) is 0 Å². The standard InChI is InChI=1S/C19H17F3N2O3/c20-19(21,22)15-3-1-2-12(9-15)17(25)7-11-6-14-8-13(18(26)24-27)4-5-16(14)23-10-11/h1-5,8-9,11,23,27H,6-7,10H2,(H,24,26). The molecule has 1 aliphatic rings. The highest BCUT2D eigenvalue weighted by atomic mass is 19.4. The van der Waals surface area contributed by atoms with Crippen molar-refractivity contribution in [3.8, 4) is 0 Å². The zero-order valence-corrected chi connectivity index (χ0v) is 14.1. The maximum Gasteiger partial charge on any atom is 0.416 e. The molecule has 8 heteroatoms. The summed E-state index contributed by atoms with van der Waals surface area (Å²) in [6.07, 6.45) is -3.91. The van der Waals surface area contributed by atoms with Gasteiger partial charge in [-0.05, 0) is 48.2 Å². The number of ketones is 1. The van der Waals surface area contributed by atoms with Gasteiger partial charge in [-0.25, -0.2) is 5.48 Å². The van der Waals surface area contributed by atoms with Crippen LogP contribution >= 0.6 is 0 Å². The van der Waals surface area contributed by atoms with Crippen molar-refractivity contribution in [2.75, 3.05) is 11.9 Å². The summed E-state index contributed by atoms with van der Waals surface area (Å²) in [6, 6.07) is 9.31. The number of hydrogen-bond donors (Lipinski definition) is 3. The van der Waals surface area contributed by atoms with Gasteiger partial charge in [-0.15, -0.1) is 0 Å². The number of Topliss-reactive ketones (excluding diaryl/α,β-unsaturated/α-hetero) is 1. The van der Waals surface area contributed by atoms with Gasteiger partial charge in [0.25, 0.3) is 5.91 Å². The van der Waals surface area contributed by atoms with E-state index in [1.54, 1.807) is 23.7 Å². The second-order valence-electron chi connectivity index (χ2n) is 6.47. The third kappa shape index (κ3) is 4.28. The van der Waals surface area contributed by atoms with E-state index in [0.717, 1.165) is 23.4 Å². The predicted octanol–water partition coefficient (Wildman–Crippen LogP) is 3.68. The molecule has 1 unspecified atom stereocenters. The molecule has 0 fully saturated rings. The third-order valence-electron chi connectivity index (χ3n) is 4.54. The number of anilines is 1. The number of hydroxylamine groups is 1. The first-order valence-electron chi connectivity index (χ1n) is 8.29. The number of benzene rings is 2. The van der Waals surface area contributed by atoms with Gasteiger partial charge in [0.15, 0.2) is 5.78 Å². The summed E-state index contributed by atoms with van der Waals surface area (Å²) in [7, 11) is 0. The number of halogens is 3. The Bertz CT molecular complexity index is 881. The highest BCUT2D eigenvalue weighted by molar-refractivity contribution is 5.96. The Morgan fingerprint density at radius 1 is 1.15 bits per heavy atom. The number of hydrogen-bond acceptors (Lipinski definition) is 4. The minimum absolute atomic E-state index is 0.0315. The van der Waals surface area contributed by atoms with Crippen LogP contribution in [-0.4, -0.2) is 23.4 Å². The average molecular weight is 378 g/mol. The lowest BCUT2D eigenvalue weighted by atomic mass is 9.87. The van der Waals surface area contributed by atoms with Crippen LogP contribution in [0.2, 0.25) is 0 Å². The average Bonchev–Trinajstić information content (AvgIpc) is 2.66. The first-order valence-corrected chi connectivity index (χ1v) is 8.29. The van der Waals surface area contributed by atoms with Crippen LogP contribution in [0.15, 0.2) is 42.5 Å². The molecule has 2 aromatic rings. The Kier molecular flexibility index (Phi) is 5.18. The molecule has 0 saturated heterocycles. The maximum atomic E-state index is 12.8. The van der Waals surface area contributed by atoms with E-state index in [1.165, 1.54) is 12.1 Å². The molecule has 0 saturated carbocycles. The summed E-state index contributed by atoms with van der Waals surface area (Å²) in [5.74, 6) is -1.12. The molecule has 5 nitrogen and oxygen atoms in total. The van der Waals surface area contributed by atoms with Crippen LogP contribution in [0.5, 0.6) is 0 Å². The van der Waals surface area contributed by atoms with Crippen molar-refractivity contribution in [3.05, 3.63) is 64.7 Å². The number of fused-ring (bicyclic) bond motifs is 1. The Morgan fingerprint density at radius 2 is 1.93 bits per heavy atom. The van der Waals surface area contributed by atoms with Crippen LogP contribution in [0.4, 0.5) is 18.9 Å². The number of nitrogens with one attached hydrogen (secondary N) is 2. The highest BCUT2D eigenvalue weighted by Gasteiger charge is 2.31. The summed E-state index contributed by atoms with van der Waals surface area (Å²) < 4.78 is 38.4. The summed E-state index contributed by atoms with van der Waals surface area (Å²) in [5, 5.41) is 11.9. The molecule has 0 aliphatic carbocycles. The van der Waals surface area contributed by atoms with Crippen LogP contribution in [0, 0.1) is 5.92 Å². The number of rotatable bonds is 4. The minimum atomic E-state index is -4.49. The van der Waals surface area contributed by atoms with Crippen LogP contribution in [0.1, 0.15) is 38.3 Å². The second kappa shape index (κ2) is 7.40. The van der Waals surface area contributed by atoms with Crippen LogP contribution in [0.3, 0.4) is 0 Å². The van der Waals surface area contributed by atoms with Crippen molar-refractivity contribution >= 4 is 17.4 Å². The number of carbonyl (C=O) groups is 2. The molecule has 0 aromatic heterocycles. The molecule has 1 atom stereocenters. The lowest BCUT2D eigenvalue weighted by Crippen LogP contribution is -2.26. The van der Waals surface area contributed by atoms with E-state index >= 15 is 0 Å². The third-order valence-corrected chi connectivity index (χ3v) is 4.54. The molecular formula is C19H17F3N2O3. The van der Waals surface area contributed by atoms with Gasteiger partial charge < -0.3 is 5.32 Å². The van der Waals surface area contributed by atoms with Crippen LogP contribution in [-0.2, 0) is 12.6 Å². The Hall–Kier alpha value is -2.87. The number of alkyl halides is 3. The Labute approximate surface area is 153 Å². The van der Waals surface area contributed by atoms with Crippen LogP contribution in [0.25, 0.3) is 0 Å². The van der Waals surface area contributed by atoms with E-state index in [0.29, 0.717) is 13.0 Å². The molecule has 0 radical (unpaired) electrons. The first kappa shape index (κ1) is 18.9. The largest absolute Gasteiger partial charge is 0.416 e. The lowest BCUT2D eigenvalue weighted by molar-refractivity contribution is -0.137. The van der Waals surface area contributed by atoms with Crippen molar-refractivity contribution in [1.82, 2.24) is 5.48 Å². The van der Waals surface area contributed by atoms with Gasteiger partial charge in [-0.1, -0.05) is 12.1 Å². The van der Waals surface area contributed by atoms with Crippen molar-refractivity contribution < 1.29 is 28.0 Å². The van der Waals surface area contributed by atoms with Gasteiger partial charge in [0.2, 0.25) is 0 Å². The quantitative estimate of drug-likeness (QED) is 0.431. The zero-order valence-electron chi connectivity index (χ0n) is 14.1. The molecule has 0 bridgehead atoms. The van der Waals surface area contributed by atoms with Crippen LogP contribution < -0.4 is 10.8 Å². The van der Waals surface area contributed by atoms with Crippen molar-refractivity contribution in [1.29, 1.82) is 0 Å². The first-order chi connectivity index (χ1) is 12.8. The molecule has 3 rings (SSSR count).